The Labute approximate surface area is 187 Å². The minimum absolute atomic E-state index is 0.277. The summed E-state index contributed by atoms with van der Waals surface area (Å²) < 4.78 is 11.6. The molecular weight excluding hydrogens is 418 g/mol. The Morgan fingerprint density at radius 3 is 2.72 bits per heavy atom. The molecular formula is C22H33N3O7. The van der Waals surface area contributed by atoms with Gasteiger partial charge in [0.15, 0.2) is 0 Å². The monoisotopic (exact) mass is 451 g/mol. The Morgan fingerprint density at radius 1 is 1.38 bits per heavy atom. The van der Waals surface area contributed by atoms with Crippen molar-refractivity contribution in [3.05, 3.63) is 12.7 Å². The number of carboxylic acids is 1. The summed E-state index contributed by atoms with van der Waals surface area (Å²) in [5.74, 6) is -3.64. The summed E-state index contributed by atoms with van der Waals surface area (Å²) >= 11 is 0. The normalized spacial score (nSPS) is 35.1. The smallest absolute Gasteiger partial charge is 0.310 e. The molecule has 10 heteroatoms. The summed E-state index contributed by atoms with van der Waals surface area (Å²) in [6, 6.07) is -1.58. The van der Waals surface area contributed by atoms with E-state index in [1.165, 1.54) is 4.90 Å². The Hall–Kier alpha value is -2.01. The topological polar surface area (TPSA) is 120 Å². The van der Waals surface area contributed by atoms with E-state index in [-0.39, 0.29) is 12.5 Å². The number of carbonyl (C=O) groups is 3. The molecule has 178 valence electrons. The summed E-state index contributed by atoms with van der Waals surface area (Å²) in [5, 5.41) is 19.6. The number of hydrogen-bond donors (Lipinski definition) is 2. The van der Waals surface area contributed by atoms with Gasteiger partial charge in [-0.25, -0.2) is 0 Å². The number of aliphatic hydroxyl groups is 1. The molecule has 0 aromatic rings. The first-order valence-electron chi connectivity index (χ1n) is 11.4. The number of hydrogen-bond acceptors (Lipinski definition) is 7. The Kier molecular flexibility index (Phi) is 6.58. The van der Waals surface area contributed by atoms with E-state index in [0.717, 1.165) is 13.1 Å². The summed E-state index contributed by atoms with van der Waals surface area (Å²) in [6.45, 7) is 9.45. The van der Waals surface area contributed by atoms with Crippen LogP contribution in [0.25, 0.3) is 0 Å². The van der Waals surface area contributed by atoms with Crippen LogP contribution in [0.2, 0.25) is 0 Å². The predicted molar refractivity (Wildman–Crippen MR) is 113 cm³/mol. The van der Waals surface area contributed by atoms with Crippen molar-refractivity contribution < 1.29 is 34.1 Å². The third-order valence-electron chi connectivity index (χ3n) is 7.45. The fraction of sp³-hybridized carbons (Fsp3) is 0.773. The summed E-state index contributed by atoms with van der Waals surface area (Å²) in [4.78, 5) is 44.6. The summed E-state index contributed by atoms with van der Waals surface area (Å²) in [7, 11) is 0. The molecule has 6 atom stereocenters. The van der Waals surface area contributed by atoms with Crippen molar-refractivity contribution in [1.29, 1.82) is 0 Å². The van der Waals surface area contributed by atoms with Crippen molar-refractivity contribution in [3.63, 3.8) is 0 Å². The number of amides is 2. The van der Waals surface area contributed by atoms with Crippen molar-refractivity contribution in [2.45, 2.75) is 43.6 Å². The first-order valence-corrected chi connectivity index (χ1v) is 11.4. The fourth-order valence-electron chi connectivity index (χ4n) is 5.92. The van der Waals surface area contributed by atoms with Gasteiger partial charge in [-0.1, -0.05) is 6.08 Å². The highest BCUT2D eigenvalue weighted by Gasteiger charge is 2.75. The van der Waals surface area contributed by atoms with E-state index in [4.69, 9.17) is 9.47 Å². The van der Waals surface area contributed by atoms with E-state index in [1.54, 1.807) is 17.9 Å². The van der Waals surface area contributed by atoms with Crippen LogP contribution in [-0.4, -0.2) is 119 Å². The molecule has 10 nitrogen and oxygen atoms in total. The molecule has 0 radical (unpaired) electrons. The third-order valence-corrected chi connectivity index (χ3v) is 7.45. The van der Waals surface area contributed by atoms with Gasteiger partial charge in [-0.05, 0) is 19.8 Å². The number of carbonyl (C=O) groups excluding carboxylic acids is 2. The van der Waals surface area contributed by atoms with Crippen LogP contribution in [-0.2, 0) is 23.9 Å². The van der Waals surface area contributed by atoms with Crippen molar-refractivity contribution >= 4 is 17.8 Å². The second-order valence-electron chi connectivity index (χ2n) is 9.20. The second kappa shape index (κ2) is 9.09. The molecule has 0 aliphatic carbocycles. The molecule has 1 spiro atoms. The molecule has 4 heterocycles. The number of ether oxygens (including phenoxy) is 2. The van der Waals surface area contributed by atoms with E-state index in [1.807, 2.05) is 0 Å². The number of nitrogens with zero attached hydrogens (tertiary/aromatic N) is 3. The minimum Gasteiger partial charge on any atom is -0.481 e. The van der Waals surface area contributed by atoms with Gasteiger partial charge in [0.2, 0.25) is 11.8 Å². The standard InChI is InChI=1S/C22H33N3O7/c1-3-6-24(8-7-23-9-11-31-12-10-23)20(28)18-22-5-4-15(32-22)16(21(29)30)17(22)19(27)25(18)14(2)13-26/h3,14-18,26H,1,4-13H2,2H3,(H,29,30)/t14-,15-,16+,17+,18?,22?/m1/s1. The maximum absolute atomic E-state index is 13.9. The van der Waals surface area contributed by atoms with Gasteiger partial charge < -0.3 is 29.5 Å². The quantitative estimate of drug-likeness (QED) is 0.436. The maximum Gasteiger partial charge on any atom is 0.310 e. The van der Waals surface area contributed by atoms with Crippen LogP contribution in [0.1, 0.15) is 19.8 Å². The lowest BCUT2D eigenvalue weighted by Gasteiger charge is -2.39. The van der Waals surface area contributed by atoms with Crippen molar-refractivity contribution in [3.8, 4) is 0 Å². The number of likely N-dealkylation sites (tertiary alicyclic amines) is 1. The van der Waals surface area contributed by atoms with E-state index in [9.17, 15) is 24.6 Å². The average molecular weight is 452 g/mol. The lowest BCUT2D eigenvalue weighted by atomic mass is 9.70. The lowest BCUT2D eigenvalue weighted by Crippen LogP contribution is -2.59. The molecule has 4 aliphatic heterocycles. The van der Waals surface area contributed by atoms with Gasteiger partial charge in [-0.3, -0.25) is 19.3 Å². The SMILES string of the molecule is C=CCN(CCN1CCOCC1)C(=O)C1N([C@H](C)CO)C(=O)[C@@H]2[C@@H](C(=O)O)[C@H]3CCC12O3. The molecule has 4 rings (SSSR count). The highest BCUT2D eigenvalue weighted by Crippen LogP contribution is 2.58. The molecule has 0 aromatic carbocycles. The van der Waals surface area contributed by atoms with Gasteiger partial charge in [0.1, 0.15) is 11.6 Å². The zero-order valence-corrected chi connectivity index (χ0v) is 18.5. The number of fused-ring (bicyclic) bond motifs is 1. The van der Waals surface area contributed by atoms with Crippen molar-refractivity contribution in [1.82, 2.24) is 14.7 Å². The van der Waals surface area contributed by atoms with Crippen LogP contribution in [0.15, 0.2) is 12.7 Å². The second-order valence-corrected chi connectivity index (χ2v) is 9.20. The largest absolute Gasteiger partial charge is 0.481 e. The van der Waals surface area contributed by atoms with Crippen LogP contribution in [0.5, 0.6) is 0 Å². The van der Waals surface area contributed by atoms with Gasteiger partial charge in [0.25, 0.3) is 0 Å². The van der Waals surface area contributed by atoms with Crippen molar-refractivity contribution in [2.24, 2.45) is 11.8 Å². The number of carboxylic acid groups (broad SMARTS) is 1. The molecule has 32 heavy (non-hydrogen) atoms. The molecule has 2 N–H and O–H groups in total. The van der Waals surface area contributed by atoms with Gasteiger partial charge >= 0.3 is 5.97 Å². The van der Waals surface area contributed by atoms with Crippen LogP contribution in [0, 0.1) is 11.8 Å². The molecule has 0 saturated carbocycles. The number of morpholine rings is 1. The van der Waals surface area contributed by atoms with E-state index < -0.39 is 47.5 Å². The maximum atomic E-state index is 13.9. The molecule has 4 aliphatic rings. The predicted octanol–water partition coefficient (Wildman–Crippen LogP) is -0.827. The number of aliphatic carboxylic acids is 1. The molecule has 2 amide bonds. The summed E-state index contributed by atoms with van der Waals surface area (Å²) in [5.41, 5.74) is -1.16. The zero-order chi connectivity index (χ0) is 23.0. The molecule has 4 fully saturated rings. The highest BCUT2D eigenvalue weighted by molar-refractivity contribution is 5.98. The van der Waals surface area contributed by atoms with Gasteiger partial charge in [-0.2, -0.15) is 0 Å². The Bertz CT molecular complexity index is 771. The average Bonchev–Trinajstić information content (AvgIpc) is 3.43. The third kappa shape index (κ3) is 3.63. The Balaban J connectivity index is 1.63. The summed E-state index contributed by atoms with van der Waals surface area (Å²) in [6.07, 6.45) is 2.04. The zero-order valence-electron chi connectivity index (χ0n) is 18.5. The van der Waals surface area contributed by atoms with Gasteiger partial charge in [0, 0.05) is 32.7 Å². The van der Waals surface area contributed by atoms with Crippen molar-refractivity contribution in [2.75, 3.05) is 52.5 Å². The van der Waals surface area contributed by atoms with E-state index in [0.29, 0.717) is 45.7 Å². The van der Waals surface area contributed by atoms with E-state index in [2.05, 4.69) is 11.5 Å². The molecule has 2 unspecified atom stereocenters. The van der Waals surface area contributed by atoms with E-state index >= 15 is 0 Å². The molecule has 4 saturated heterocycles. The minimum atomic E-state index is -1.16. The number of aliphatic hydroxyl groups excluding tert-OH is 1. The molecule has 0 aromatic heterocycles. The Morgan fingerprint density at radius 2 is 2.09 bits per heavy atom. The van der Waals surface area contributed by atoms with Crippen LogP contribution < -0.4 is 0 Å². The highest BCUT2D eigenvalue weighted by atomic mass is 16.5. The van der Waals surface area contributed by atoms with Crippen LogP contribution in [0.3, 0.4) is 0 Å². The molecule has 2 bridgehead atoms. The number of rotatable bonds is 9. The van der Waals surface area contributed by atoms with Gasteiger partial charge in [0.05, 0.1) is 43.8 Å². The first-order chi connectivity index (χ1) is 15.4. The lowest BCUT2D eigenvalue weighted by molar-refractivity contribution is -0.153. The van der Waals surface area contributed by atoms with Crippen LogP contribution >= 0.6 is 0 Å². The van der Waals surface area contributed by atoms with Gasteiger partial charge in [-0.15, -0.1) is 6.58 Å². The first kappa shape index (κ1) is 23.2. The fourth-order valence-corrected chi connectivity index (χ4v) is 5.92. The van der Waals surface area contributed by atoms with Crippen LogP contribution in [0.4, 0.5) is 0 Å².